The molecule has 26 heavy (non-hydrogen) atoms. The van der Waals surface area contributed by atoms with E-state index in [0.717, 1.165) is 16.8 Å². The van der Waals surface area contributed by atoms with Gasteiger partial charge in [0.1, 0.15) is 11.5 Å². The van der Waals surface area contributed by atoms with Crippen molar-refractivity contribution in [2.24, 2.45) is 0 Å². The van der Waals surface area contributed by atoms with Crippen LogP contribution in [-0.4, -0.2) is 20.7 Å². The monoisotopic (exact) mass is 348 g/mol. The van der Waals surface area contributed by atoms with E-state index < -0.39 is 0 Å². The zero-order valence-corrected chi connectivity index (χ0v) is 15.7. The highest BCUT2D eigenvalue weighted by Crippen LogP contribution is 2.23. The first-order chi connectivity index (χ1) is 12.3. The van der Waals surface area contributed by atoms with Crippen molar-refractivity contribution in [1.82, 2.24) is 14.8 Å². The van der Waals surface area contributed by atoms with Crippen molar-refractivity contribution < 1.29 is 4.79 Å². The van der Waals surface area contributed by atoms with E-state index in [4.69, 9.17) is 5.10 Å². The molecular formula is C21H24N4O. The Balaban J connectivity index is 1.93. The Hall–Kier alpha value is -2.95. The zero-order valence-electron chi connectivity index (χ0n) is 15.7. The number of hydrogen-bond acceptors (Lipinski definition) is 3. The van der Waals surface area contributed by atoms with Crippen LogP contribution in [0.2, 0.25) is 0 Å². The van der Waals surface area contributed by atoms with E-state index in [-0.39, 0.29) is 11.3 Å². The highest BCUT2D eigenvalue weighted by molar-refractivity contribution is 6.02. The molecule has 0 spiro atoms. The number of pyridine rings is 1. The summed E-state index contributed by atoms with van der Waals surface area (Å²) < 4.78 is 1.76. The molecule has 0 aliphatic heterocycles. The number of aromatic nitrogens is 3. The van der Waals surface area contributed by atoms with E-state index in [0.29, 0.717) is 18.1 Å². The summed E-state index contributed by atoms with van der Waals surface area (Å²) in [4.78, 5) is 17.1. The summed E-state index contributed by atoms with van der Waals surface area (Å²) in [5.74, 6) is 0.335. The minimum Gasteiger partial charge on any atom is -0.305 e. The lowest BCUT2D eigenvalue weighted by atomic mass is 9.92. The second kappa shape index (κ2) is 7.12. The number of nitrogens with zero attached hydrogens (tertiary/aromatic N) is 3. The number of amides is 1. The van der Waals surface area contributed by atoms with E-state index in [1.807, 2.05) is 55.5 Å². The largest absolute Gasteiger partial charge is 0.305 e. The smallest absolute Gasteiger partial charge is 0.275 e. The van der Waals surface area contributed by atoms with Crippen LogP contribution in [0.1, 0.15) is 48.1 Å². The van der Waals surface area contributed by atoms with Crippen molar-refractivity contribution in [1.29, 1.82) is 0 Å². The topological polar surface area (TPSA) is 59.8 Å². The van der Waals surface area contributed by atoms with Gasteiger partial charge in [0.15, 0.2) is 0 Å². The molecule has 0 aliphatic rings. The molecule has 0 unspecified atom stereocenters. The van der Waals surface area contributed by atoms with E-state index >= 15 is 0 Å². The maximum absolute atomic E-state index is 12.9. The van der Waals surface area contributed by atoms with Crippen LogP contribution in [0.25, 0.3) is 0 Å². The molecule has 5 nitrogen and oxygen atoms in total. The molecule has 0 atom stereocenters. The van der Waals surface area contributed by atoms with E-state index in [1.165, 1.54) is 0 Å². The number of rotatable bonds is 4. The highest BCUT2D eigenvalue weighted by atomic mass is 16.2. The molecule has 2 heterocycles. The minimum atomic E-state index is -0.206. The lowest BCUT2D eigenvalue weighted by Gasteiger charge is -2.14. The molecule has 1 amide bonds. The van der Waals surface area contributed by atoms with Crippen molar-refractivity contribution in [2.75, 3.05) is 5.32 Å². The van der Waals surface area contributed by atoms with Crippen LogP contribution in [0.5, 0.6) is 0 Å². The molecule has 0 saturated heterocycles. The second-order valence-electron chi connectivity index (χ2n) is 7.48. The van der Waals surface area contributed by atoms with Gasteiger partial charge in [-0.3, -0.25) is 9.48 Å². The molecule has 3 aromatic rings. The summed E-state index contributed by atoms with van der Waals surface area (Å²) in [6, 6.07) is 15.6. The SMILES string of the molecule is Cc1ccnc(NC(=O)c2cc(C(C)(C)C)nn2Cc2ccccc2)c1. The lowest BCUT2D eigenvalue weighted by molar-refractivity contribution is 0.101. The van der Waals surface area contributed by atoms with Gasteiger partial charge in [-0.1, -0.05) is 51.1 Å². The first-order valence-corrected chi connectivity index (χ1v) is 8.69. The van der Waals surface area contributed by atoms with Gasteiger partial charge in [-0.2, -0.15) is 5.10 Å². The molecule has 5 heteroatoms. The van der Waals surface area contributed by atoms with Crippen molar-refractivity contribution in [3.8, 4) is 0 Å². The molecule has 2 aromatic heterocycles. The summed E-state index contributed by atoms with van der Waals surface area (Å²) in [5.41, 5.74) is 3.42. The number of carbonyl (C=O) groups excluding carboxylic acids is 1. The Morgan fingerprint density at radius 2 is 1.85 bits per heavy atom. The molecule has 1 N–H and O–H groups in total. The summed E-state index contributed by atoms with van der Waals surface area (Å²) in [6.07, 6.45) is 1.69. The van der Waals surface area contributed by atoms with Crippen molar-refractivity contribution in [3.63, 3.8) is 0 Å². The number of aryl methyl sites for hydroxylation is 1. The summed E-state index contributed by atoms with van der Waals surface area (Å²) in [6.45, 7) is 8.78. The van der Waals surface area contributed by atoms with Crippen molar-refractivity contribution in [2.45, 2.75) is 39.7 Å². The summed E-state index contributed by atoms with van der Waals surface area (Å²) in [5, 5.41) is 7.57. The standard InChI is InChI=1S/C21H24N4O/c1-15-10-11-22-19(12-15)23-20(26)17-13-18(21(2,3)4)24-25(17)14-16-8-6-5-7-9-16/h5-13H,14H2,1-4H3,(H,22,23,26). The number of hydrogen-bond donors (Lipinski definition) is 1. The third-order valence-corrected chi connectivity index (χ3v) is 4.11. The number of nitrogens with one attached hydrogen (secondary N) is 1. The Bertz CT molecular complexity index is 907. The molecule has 1 aromatic carbocycles. The Labute approximate surface area is 154 Å². The first kappa shape index (κ1) is 17.9. The van der Waals surface area contributed by atoms with Crippen LogP contribution in [0.15, 0.2) is 54.7 Å². The van der Waals surface area contributed by atoms with Gasteiger partial charge in [0.25, 0.3) is 5.91 Å². The number of benzene rings is 1. The Morgan fingerprint density at radius 3 is 2.50 bits per heavy atom. The van der Waals surface area contributed by atoms with Gasteiger partial charge in [-0.15, -0.1) is 0 Å². The molecule has 0 fully saturated rings. The van der Waals surface area contributed by atoms with Crippen molar-refractivity contribution >= 4 is 11.7 Å². The van der Waals surface area contributed by atoms with Crippen LogP contribution in [0, 0.1) is 6.92 Å². The fourth-order valence-electron chi connectivity index (χ4n) is 2.63. The molecule has 3 rings (SSSR count). The van der Waals surface area contributed by atoms with Crippen LogP contribution < -0.4 is 5.32 Å². The van der Waals surface area contributed by atoms with Gasteiger partial charge >= 0.3 is 0 Å². The van der Waals surface area contributed by atoms with Gasteiger partial charge in [0.2, 0.25) is 0 Å². The first-order valence-electron chi connectivity index (χ1n) is 8.69. The summed E-state index contributed by atoms with van der Waals surface area (Å²) in [7, 11) is 0. The predicted molar refractivity (Wildman–Crippen MR) is 103 cm³/mol. The van der Waals surface area contributed by atoms with E-state index in [2.05, 4.69) is 31.1 Å². The fourth-order valence-corrected chi connectivity index (χ4v) is 2.63. The normalized spacial score (nSPS) is 11.4. The number of carbonyl (C=O) groups is 1. The minimum absolute atomic E-state index is 0.140. The van der Waals surface area contributed by atoms with Gasteiger partial charge in [0.05, 0.1) is 12.2 Å². The van der Waals surface area contributed by atoms with Gasteiger partial charge < -0.3 is 5.32 Å². The quantitative estimate of drug-likeness (QED) is 0.769. The second-order valence-corrected chi connectivity index (χ2v) is 7.48. The molecule has 0 aliphatic carbocycles. The molecule has 0 radical (unpaired) electrons. The predicted octanol–water partition coefficient (Wildman–Crippen LogP) is 4.18. The van der Waals surface area contributed by atoms with Crippen LogP contribution >= 0.6 is 0 Å². The van der Waals surface area contributed by atoms with Gasteiger partial charge in [0, 0.05) is 11.6 Å². The average molecular weight is 348 g/mol. The van der Waals surface area contributed by atoms with E-state index in [9.17, 15) is 4.79 Å². The molecule has 134 valence electrons. The summed E-state index contributed by atoms with van der Waals surface area (Å²) >= 11 is 0. The third-order valence-electron chi connectivity index (χ3n) is 4.11. The number of anilines is 1. The van der Waals surface area contributed by atoms with Crippen LogP contribution in [-0.2, 0) is 12.0 Å². The molecular weight excluding hydrogens is 324 g/mol. The third kappa shape index (κ3) is 4.17. The van der Waals surface area contributed by atoms with Gasteiger partial charge in [-0.05, 0) is 36.2 Å². The maximum Gasteiger partial charge on any atom is 0.275 e. The van der Waals surface area contributed by atoms with Crippen LogP contribution in [0.3, 0.4) is 0 Å². The van der Waals surface area contributed by atoms with Crippen molar-refractivity contribution in [3.05, 3.63) is 77.2 Å². The zero-order chi connectivity index (χ0) is 18.7. The highest BCUT2D eigenvalue weighted by Gasteiger charge is 2.23. The fraction of sp³-hybridized carbons (Fsp3) is 0.286. The Kier molecular flexibility index (Phi) is 4.89. The molecule has 0 bridgehead atoms. The van der Waals surface area contributed by atoms with E-state index in [1.54, 1.807) is 10.9 Å². The van der Waals surface area contributed by atoms with Gasteiger partial charge in [-0.25, -0.2) is 4.98 Å². The molecule has 0 saturated carbocycles. The lowest BCUT2D eigenvalue weighted by Crippen LogP contribution is -2.19. The average Bonchev–Trinajstić information content (AvgIpc) is 3.00. The maximum atomic E-state index is 12.9. The van der Waals surface area contributed by atoms with Crippen LogP contribution in [0.4, 0.5) is 5.82 Å². The Morgan fingerprint density at radius 1 is 1.12 bits per heavy atom.